The lowest BCUT2D eigenvalue weighted by Crippen LogP contribution is -2.45. The second-order valence-corrected chi connectivity index (χ2v) is 4.94. The second-order valence-electron chi connectivity index (χ2n) is 4.94. The fourth-order valence-electron chi connectivity index (χ4n) is 2.74. The second kappa shape index (κ2) is 4.98. The van der Waals surface area contributed by atoms with E-state index in [-0.39, 0.29) is 5.82 Å². The van der Waals surface area contributed by atoms with Crippen LogP contribution in [0.3, 0.4) is 0 Å². The quantitative estimate of drug-likeness (QED) is 0.822. The Hall–Kier alpha value is -1.33. The first kappa shape index (κ1) is 12.7. The maximum absolute atomic E-state index is 13.5. The van der Waals surface area contributed by atoms with E-state index in [4.69, 9.17) is 14.2 Å². The Kier molecular flexibility index (Phi) is 3.33. The minimum Gasteiger partial charge on any atom is -0.497 e. The zero-order valence-electron chi connectivity index (χ0n) is 11.0. The summed E-state index contributed by atoms with van der Waals surface area (Å²) in [7, 11) is 1.55. The van der Waals surface area contributed by atoms with Crippen molar-refractivity contribution in [3.05, 3.63) is 24.0 Å². The van der Waals surface area contributed by atoms with Crippen molar-refractivity contribution in [2.45, 2.75) is 18.6 Å². The van der Waals surface area contributed by atoms with Gasteiger partial charge in [-0.1, -0.05) is 0 Å². The van der Waals surface area contributed by atoms with Crippen LogP contribution in [0, 0.1) is 5.82 Å². The smallest absolute Gasteiger partial charge is 0.171 e. The summed E-state index contributed by atoms with van der Waals surface area (Å²) in [5, 5.41) is 0. The molecular weight excluding hydrogens is 249 g/mol. The molecule has 5 heteroatoms. The molecule has 0 bridgehead atoms. The van der Waals surface area contributed by atoms with Gasteiger partial charge in [0.15, 0.2) is 5.79 Å². The molecule has 0 atom stereocenters. The number of hydrogen-bond acceptors (Lipinski definition) is 4. The van der Waals surface area contributed by atoms with E-state index >= 15 is 0 Å². The Morgan fingerprint density at radius 2 is 1.84 bits per heavy atom. The van der Waals surface area contributed by atoms with Crippen LogP contribution in [0.5, 0.6) is 5.75 Å². The van der Waals surface area contributed by atoms with Crippen molar-refractivity contribution in [1.82, 2.24) is 0 Å². The SMILES string of the molecule is COc1cc(F)cc(N2CCC3(CC2)OCCO3)c1. The monoisotopic (exact) mass is 267 g/mol. The maximum Gasteiger partial charge on any atom is 0.171 e. The number of piperidine rings is 1. The van der Waals surface area contributed by atoms with Crippen molar-refractivity contribution in [1.29, 1.82) is 0 Å². The van der Waals surface area contributed by atoms with Crippen molar-refractivity contribution in [3.8, 4) is 5.75 Å². The fraction of sp³-hybridized carbons (Fsp3) is 0.571. The van der Waals surface area contributed by atoms with Crippen LogP contribution in [0.2, 0.25) is 0 Å². The molecule has 0 aliphatic carbocycles. The summed E-state index contributed by atoms with van der Waals surface area (Å²) in [6.45, 7) is 2.95. The standard InChI is InChI=1S/C14H18FNO3/c1-17-13-9-11(15)8-12(10-13)16-4-2-14(3-5-16)18-6-7-19-14/h8-10H,2-7H2,1H3. The third-order valence-electron chi connectivity index (χ3n) is 3.80. The van der Waals surface area contributed by atoms with Crippen LogP contribution in [-0.4, -0.2) is 39.2 Å². The summed E-state index contributed by atoms with van der Waals surface area (Å²) in [5.74, 6) is -0.125. The van der Waals surface area contributed by atoms with Crippen molar-refractivity contribution >= 4 is 5.69 Å². The summed E-state index contributed by atoms with van der Waals surface area (Å²) in [5.41, 5.74) is 0.852. The number of ether oxygens (including phenoxy) is 3. The highest BCUT2D eigenvalue weighted by Gasteiger charge is 2.39. The average molecular weight is 267 g/mol. The molecule has 0 amide bonds. The highest BCUT2D eigenvalue weighted by molar-refractivity contribution is 5.51. The number of rotatable bonds is 2. The largest absolute Gasteiger partial charge is 0.497 e. The van der Waals surface area contributed by atoms with Crippen LogP contribution >= 0.6 is 0 Å². The van der Waals surface area contributed by atoms with Gasteiger partial charge in [0, 0.05) is 43.8 Å². The summed E-state index contributed by atoms with van der Waals surface area (Å²) in [6, 6.07) is 4.78. The van der Waals surface area contributed by atoms with Gasteiger partial charge in [-0.05, 0) is 6.07 Å². The van der Waals surface area contributed by atoms with E-state index in [1.807, 2.05) is 6.07 Å². The summed E-state index contributed by atoms with van der Waals surface area (Å²) < 4.78 is 30.0. The van der Waals surface area contributed by atoms with Gasteiger partial charge >= 0.3 is 0 Å². The van der Waals surface area contributed by atoms with E-state index in [9.17, 15) is 4.39 Å². The highest BCUT2D eigenvalue weighted by Crippen LogP contribution is 2.34. The molecule has 0 N–H and O–H groups in total. The van der Waals surface area contributed by atoms with E-state index < -0.39 is 5.79 Å². The molecule has 2 heterocycles. The van der Waals surface area contributed by atoms with Crippen LogP contribution < -0.4 is 9.64 Å². The molecule has 3 rings (SSSR count). The lowest BCUT2D eigenvalue weighted by molar-refractivity contribution is -0.169. The van der Waals surface area contributed by atoms with E-state index in [0.29, 0.717) is 19.0 Å². The normalized spacial score (nSPS) is 21.9. The molecule has 2 aliphatic heterocycles. The minimum absolute atomic E-state index is 0.275. The molecule has 1 aromatic rings. The molecule has 2 fully saturated rings. The summed E-state index contributed by atoms with van der Waals surface area (Å²) in [4.78, 5) is 2.14. The van der Waals surface area contributed by atoms with Gasteiger partial charge in [0.1, 0.15) is 11.6 Å². The molecule has 2 aliphatic rings. The van der Waals surface area contributed by atoms with E-state index in [1.165, 1.54) is 12.1 Å². The number of methoxy groups -OCH3 is 1. The Morgan fingerprint density at radius 3 is 2.47 bits per heavy atom. The molecule has 0 radical (unpaired) electrons. The number of nitrogens with zero attached hydrogens (tertiary/aromatic N) is 1. The van der Waals surface area contributed by atoms with E-state index in [0.717, 1.165) is 31.6 Å². The third kappa shape index (κ3) is 2.53. The molecule has 1 spiro atoms. The van der Waals surface area contributed by atoms with Gasteiger partial charge in [0.25, 0.3) is 0 Å². The van der Waals surface area contributed by atoms with Gasteiger partial charge in [-0.2, -0.15) is 0 Å². The molecule has 0 saturated carbocycles. The number of hydrogen-bond donors (Lipinski definition) is 0. The first-order chi connectivity index (χ1) is 9.21. The van der Waals surface area contributed by atoms with Crippen molar-refractivity contribution in [2.75, 3.05) is 38.3 Å². The topological polar surface area (TPSA) is 30.9 Å². The first-order valence-electron chi connectivity index (χ1n) is 6.58. The fourth-order valence-corrected chi connectivity index (χ4v) is 2.74. The zero-order chi connectivity index (χ0) is 13.3. The molecule has 19 heavy (non-hydrogen) atoms. The lowest BCUT2D eigenvalue weighted by Gasteiger charge is -2.38. The van der Waals surface area contributed by atoms with Gasteiger partial charge in [-0.15, -0.1) is 0 Å². The number of halogens is 1. The van der Waals surface area contributed by atoms with Crippen LogP contribution in [0.1, 0.15) is 12.8 Å². The van der Waals surface area contributed by atoms with Gasteiger partial charge in [0.05, 0.1) is 20.3 Å². The summed E-state index contributed by atoms with van der Waals surface area (Å²) in [6.07, 6.45) is 1.62. The average Bonchev–Trinajstić information content (AvgIpc) is 2.87. The summed E-state index contributed by atoms with van der Waals surface area (Å²) >= 11 is 0. The third-order valence-corrected chi connectivity index (χ3v) is 3.80. The Labute approximate surface area is 112 Å². The van der Waals surface area contributed by atoms with Crippen LogP contribution in [0.15, 0.2) is 18.2 Å². The number of benzene rings is 1. The van der Waals surface area contributed by atoms with Gasteiger partial charge in [0.2, 0.25) is 0 Å². The van der Waals surface area contributed by atoms with E-state index in [2.05, 4.69) is 4.90 Å². The Bertz CT molecular complexity index is 450. The van der Waals surface area contributed by atoms with E-state index in [1.54, 1.807) is 7.11 Å². The van der Waals surface area contributed by atoms with Gasteiger partial charge in [-0.3, -0.25) is 0 Å². The van der Waals surface area contributed by atoms with Crippen molar-refractivity contribution < 1.29 is 18.6 Å². The highest BCUT2D eigenvalue weighted by atomic mass is 19.1. The molecule has 2 saturated heterocycles. The van der Waals surface area contributed by atoms with Crippen LogP contribution in [0.4, 0.5) is 10.1 Å². The van der Waals surface area contributed by atoms with Crippen LogP contribution in [0.25, 0.3) is 0 Å². The molecule has 1 aromatic carbocycles. The molecule has 0 aromatic heterocycles. The molecule has 4 nitrogen and oxygen atoms in total. The van der Waals surface area contributed by atoms with Crippen molar-refractivity contribution in [3.63, 3.8) is 0 Å². The first-order valence-corrected chi connectivity index (χ1v) is 6.58. The molecular formula is C14H18FNO3. The Balaban J connectivity index is 1.72. The van der Waals surface area contributed by atoms with Gasteiger partial charge < -0.3 is 19.1 Å². The predicted molar refractivity (Wildman–Crippen MR) is 69.0 cm³/mol. The molecule has 0 unspecified atom stereocenters. The van der Waals surface area contributed by atoms with Crippen LogP contribution in [-0.2, 0) is 9.47 Å². The maximum atomic E-state index is 13.5. The van der Waals surface area contributed by atoms with Gasteiger partial charge in [-0.25, -0.2) is 4.39 Å². The lowest BCUT2D eigenvalue weighted by atomic mass is 10.0. The zero-order valence-corrected chi connectivity index (χ0v) is 11.0. The predicted octanol–water partition coefficient (Wildman–Crippen LogP) is 2.18. The Morgan fingerprint density at radius 1 is 1.16 bits per heavy atom. The minimum atomic E-state index is -0.395. The van der Waals surface area contributed by atoms with Crippen molar-refractivity contribution in [2.24, 2.45) is 0 Å². The molecule has 104 valence electrons. The number of anilines is 1.